The van der Waals surface area contributed by atoms with Crippen LogP contribution in [-0.4, -0.2) is 25.0 Å². The third-order valence-corrected chi connectivity index (χ3v) is 3.79. The Morgan fingerprint density at radius 2 is 2.18 bits per heavy atom. The van der Waals surface area contributed by atoms with Crippen molar-refractivity contribution >= 4 is 5.91 Å². The largest absolute Gasteiger partial charge is 0.354 e. The molecule has 0 saturated heterocycles. The highest BCUT2D eigenvalue weighted by molar-refractivity contribution is 5.78. The first-order valence-corrected chi connectivity index (χ1v) is 6.52. The highest BCUT2D eigenvalue weighted by Gasteiger charge is 2.26. The summed E-state index contributed by atoms with van der Waals surface area (Å²) in [6, 6.07) is 2.47. The molecule has 4 nitrogen and oxygen atoms in total. The standard InChI is InChI=1S/C13H23N3O/c1-10-5-3-6-12(11(10)2)16-9-13(17)15-8-4-7-14/h10-12,16H,3-6,8-9H2,1-2H3,(H,15,17). The maximum atomic E-state index is 11.5. The van der Waals surface area contributed by atoms with E-state index in [4.69, 9.17) is 5.26 Å². The number of nitrogens with zero attached hydrogens (tertiary/aromatic N) is 1. The van der Waals surface area contributed by atoms with Crippen molar-refractivity contribution in [1.29, 1.82) is 5.26 Å². The van der Waals surface area contributed by atoms with Crippen molar-refractivity contribution in [2.24, 2.45) is 11.8 Å². The molecule has 1 aliphatic rings. The van der Waals surface area contributed by atoms with E-state index in [-0.39, 0.29) is 5.91 Å². The molecule has 3 unspecified atom stereocenters. The van der Waals surface area contributed by atoms with Crippen LogP contribution in [0.25, 0.3) is 0 Å². The van der Waals surface area contributed by atoms with Crippen LogP contribution in [0, 0.1) is 23.2 Å². The number of hydrogen-bond donors (Lipinski definition) is 2. The summed E-state index contributed by atoms with van der Waals surface area (Å²) >= 11 is 0. The van der Waals surface area contributed by atoms with Gasteiger partial charge in [0.05, 0.1) is 19.0 Å². The molecule has 1 rings (SSSR count). The first-order chi connectivity index (χ1) is 8.15. The summed E-state index contributed by atoms with van der Waals surface area (Å²) in [5.41, 5.74) is 0. The molecule has 0 bridgehead atoms. The van der Waals surface area contributed by atoms with E-state index in [2.05, 4.69) is 24.5 Å². The highest BCUT2D eigenvalue weighted by Crippen LogP contribution is 2.29. The zero-order valence-electron chi connectivity index (χ0n) is 10.8. The molecule has 0 aromatic carbocycles. The van der Waals surface area contributed by atoms with Gasteiger partial charge in [0.2, 0.25) is 5.91 Å². The zero-order chi connectivity index (χ0) is 12.7. The van der Waals surface area contributed by atoms with E-state index < -0.39 is 0 Å². The van der Waals surface area contributed by atoms with E-state index in [1.165, 1.54) is 12.8 Å². The van der Waals surface area contributed by atoms with Gasteiger partial charge in [-0.1, -0.05) is 26.7 Å². The van der Waals surface area contributed by atoms with Gasteiger partial charge < -0.3 is 10.6 Å². The van der Waals surface area contributed by atoms with Crippen molar-refractivity contribution in [1.82, 2.24) is 10.6 Å². The lowest BCUT2D eigenvalue weighted by Gasteiger charge is -2.34. The Balaban J connectivity index is 2.21. The molecule has 1 saturated carbocycles. The average molecular weight is 237 g/mol. The topological polar surface area (TPSA) is 64.9 Å². The van der Waals surface area contributed by atoms with Crippen molar-refractivity contribution in [3.05, 3.63) is 0 Å². The maximum Gasteiger partial charge on any atom is 0.233 e. The van der Waals surface area contributed by atoms with Gasteiger partial charge in [0.1, 0.15) is 0 Å². The minimum Gasteiger partial charge on any atom is -0.354 e. The Hall–Kier alpha value is -1.08. The smallest absolute Gasteiger partial charge is 0.233 e. The minimum atomic E-state index is -0.00863. The molecular formula is C13H23N3O. The van der Waals surface area contributed by atoms with E-state index in [9.17, 15) is 4.79 Å². The molecule has 1 amide bonds. The quantitative estimate of drug-likeness (QED) is 0.711. The first-order valence-electron chi connectivity index (χ1n) is 6.52. The molecule has 4 heteroatoms. The lowest BCUT2D eigenvalue weighted by molar-refractivity contribution is -0.120. The Morgan fingerprint density at radius 1 is 1.41 bits per heavy atom. The number of nitriles is 1. The molecule has 3 atom stereocenters. The van der Waals surface area contributed by atoms with Crippen LogP contribution in [0.4, 0.5) is 0 Å². The second-order valence-electron chi connectivity index (χ2n) is 5.01. The summed E-state index contributed by atoms with van der Waals surface area (Å²) in [5, 5.41) is 14.4. The number of rotatable bonds is 5. The van der Waals surface area contributed by atoms with Crippen LogP contribution in [0.15, 0.2) is 0 Å². The van der Waals surface area contributed by atoms with Gasteiger partial charge in [0.25, 0.3) is 0 Å². The van der Waals surface area contributed by atoms with Crippen LogP contribution < -0.4 is 10.6 Å². The second kappa shape index (κ2) is 7.29. The maximum absolute atomic E-state index is 11.5. The third-order valence-electron chi connectivity index (χ3n) is 3.79. The van der Waals surface area contributed by atoms with E-state index in [0.717, 1.165) is 12.3 Å². The second-order valence-corrected chi connectivity index (χ2v) is 5.01. The summed E-state index contributed by atoms with van der Waals surface area (Å²) in [4.78, 5) is 11.5. The summed E-state index contributed by atoms with van der Waals surface area (Å²) in [6.07, 6.45) is 4.09. The fourth-order valence-electron chi connectivity index (χ4n) is 2.41. The molecule has 0 aliphatic heterocycles. The summed E-state index contributed by atoms with van der Waals surface area (Å²) in [6.45, 7) is 5.36. The predicted molar refractivity (Wildman–Crippen MR) is 67.2 cm³/mol. The molecule has 0 heterocycles. The van der Waals surface area contributed by atoms with Gasteiger partial charge >= 0.3 is 0 Å². The number of amides is 1. The molecule has 2 N–H and O–H groups in total. The van der Waals surface area contributed by atoms with Crippen LogP contribution in [0.1, 0.15) is 39.5 Å². The van der Waals surface area contributed by atoms with Gasteiger partial charge in [-0.3, -0.25) is 4.79 Å². The monoisotopic (exact) mass is 237 g/mol. The Labute approximate surface area is 104 Å². The zero-order valence-corrected chi connectivity index (χ0v) is 10.8. The van der Waals surface area contributed by atoms with Gasteiger partial charge in [-0.25, -0.2) is 0 Å². The van der Waals surface area contributed by atoms with E-state index in [0.29, 0.717) is 31.5 Å². The molecule has 0 spiro atoms. The van der Waals surface area contributed by atoms with Gasteiger partial charge in [-0.15, -0.1) is 0 Å². The Kier molecular flexibility index (Phi) is 5.99. The van der Waals surface area contributed by atoms with Crippen molar-refractivity contribution in [2.75, 3.05) is 13.1 Å². The third kappa shape index (κ3) is 4.74. The fraction of sp³-hybridized carbons (Fsp3) is 0.846. The summed E-state index contributed by atoms with van der Waals surface area (Å²) in [5.74, 6) is 1.37. The molecule has 1 fully saturated rings. The van der Waals surface area contributed by atoms with Crippen LogP contribution in [0.5, 0.6) is 0 Å². The van der Waals surface area contributed by atoms with E-state index in [1.54, 1.807) is 0 Å². The number of nitrogens with one attached hydrogen (secondary N) is 2. The fourth-order valence-corrected chi connectivity index (χ4v) is 2.41. The van der Waals surface area contributed by atoms with Gasteiger partial charge in [0, 0.05) is 12.6 Å². The number of carbonyl (C=O) groups is 1. The molecule has 96 valence electrons. The van der Waals surface area contributed by atoms with Crippen molar-refractivity contribution < 1.29 is 4.79 Å². The van der Waals surface area contributed by atoms with Crippen LogP contribution in [0.3, 0.4) is 0 Å². The lowest BCUT2D eigenvalue weighted by Crippen LogP contribution is -2.45. The van der Waals surface area contributed by atoms with Crippen molar-refractivity contribution in [3.8, 4) is 6.07 Å². The first kappa shape index (κ1) is 14.0. The Morgan fingerprint density at radius 3 is 2.88 bits per heavy atom. The predicted octanol–water partition coefficient (Wildman–Crippen LogP) is 1.43. The summed E-state index contributed by atoms with van der Waals surface area (Å²) < 4.78 is 0. The van der Waals surface area contributed by atoms with Crippen LogP contribution >= 0.6 is 0 Å². The van der Waals surface area contributed by atoms with Crippen molar-refractivity contribution in [3.63, 3.8) is 0 Å². The molecule has 0 aromatic heterocycles. The van der Waals surface area contributed by atoms with Crippen LogP contribution in [-0.2, 0) is 4.79 Å². The molecule has 17 heavy (non-hydrogen) atoms. The van der Waals surface area contributed by atoms with Gasteiger partial charge in [0.15, 0.2) is 0 Å². The molecule has 0 radical (unpaired) electrons. The van der Waals surface area contributed by atoms with Gasteiger partial charge in [-0.05, 0) is 18.3 Å². The highest BCUT2D eigenvalue weighted by atomic mass is 16.1. The Bertz CT molecular complexity index is 285. The minimum absolute atomic E-state index is 0.00863. The SMILES string of the molecule is CC1CCCC(NCC(=O)NCCC#N)C1C. The molecule has 0 aromatic rings. The molecular weight excluding hydrogens is 214 g/mol. The summed E-state index contributed by atoms with van der Waals surface area (Å²) in [7, 11) is 0. The van der Waals surface area contributed by atoms with E-state index >= 15 is 0 Å². The number of hydrogen-bond acceptors (Lipinski definition) is 3. The lowest BCUT2D eigenvalue weighted by atomic mass is 9.78. The average Bonchev–Trinajstić information content (AvgIpc) is 2.31. The van der Waals surface area contributed by atoms with Crippen LogP contribution in [0.2, 0.25) is 0 Å². The van der Waals surface area contributed by atoms with E-state index in [1.807, 2.05) is 6.07 Å². The van der Waals surface area contributed by atoms with Gasteiger partial charge in [-0.2, -0.15) is 5.26 Å². The number of carbonyl (C=O) groups excluding carboxylic acids is 1. The molecule has 1 aliphatic carbocycles. The van der Waals surface area contributed by atoms with Crippen molar-refractivity contribution in [2.45, 2.75) is 45.6 Å². The normalized spacial score (nSPS) is 28.4.